The number of nitrogens with one attached hydrogen (secondary N) is 1. The molecule has 1 N–H and O–H groups in total. The molecule has 0 spiro atoms. The predicted molar refractivity (Wildman–Crippen MR) is 123 cm³/mol. The highest BCUT2D eigenvalue weighted by atomic mass is 16.6. The van der Waals surface area contributed by atoms with Crippen LogP contribution in [0, 0.1) is 10.1 Å². The van der Waals surface area contributed by atoms with Crippen LogP contribution < -0.4 is 20.0 Å². The molecule has 2 aliphatic rings. The molecular formula is C21H28N8O3. The molecule has 2 aliphatic heterocycles. The van der Waals surface area contributed by atoms with E-state index < -0.39 is 4.92 Å². The molecule has 1 aromatic carbocycles. The molecule has 0 aliphatic carbocycles. The number of anilines is 3. The number of nitrogens with zero attached hydrogens (tertiary/aromatic N) is 7. The number of rotatable bonds is 7. The molecule has 11 nitrogen and oxygen atoms in total. The van der Waals surface area contributed by atoms with Crippen molar-refractivity contribution in [3.8, 4) is 5.75 Å². The molecule has 0 saturated carbocycles. The molecule has 0 radical (unpaired) electrons. The van der Waals surface area contributed by atoms with E-state index in [4.69, 9.17) is 9.72 Å². The summed E-state index contributed by atoms with van der Waals surface area (Å²) < 4.78 is 5.04. The van der Waals surface area contributed by atoms with Gasteiger partial charge in [0.1, 0.15) is 0 Å². The minimum absolute atomic E-state index is 0.114. The van der Waals surface area contributed by atoms with Gasteiger partial charge in [-0.3, -0.25) is 10.1 Å². The molecule has 0 amide bonds. The highest BCUT2D eigenvalue weighted by molar-refractivity contribution is 5.82. The first kappa shape index (κ1) is 21.7. The van der Waals surface area contributed by atoms with E-state index in [-0.39, 0.29) is 11.4 Å². The maximum atomic E-state index is 11.2. The second-order valence-electron chi connectivity index (χ2n) is 7.91. The topological polar surface area (TPSA) is 122 Å². The lowest BCUT2D eigenvalue weighted by Gasteiger charge is -2.30. The number of hydrazone groups is 1. The first-order chi connectivity index (χ1) is 15.6. The second kappa shape index (κ2) is 10.2. The van der Waals surface area contributed by atoms with Crippen molar-refractivity contribution >= 4 is 29.7 Å². The average molecular weight is 441 g/mol. The molecule has 0 bridgehead atoms. The average Bonchev–Trinajstić information content (AvgIpc) is 2.85. The molecule has 2 aromatic rings. The highest BCUT2D eigenvalue weighted by Gasteiger charge is 2.20. The van der Waals surface area contributed by atoms with Crippen molar-refractivity contribution < 1.29 is 9.66 Å². The third kappa shape index (κ3) is 5.21. The van der Waals surface area contributed by atoms with Crippen LogP contribution in [0.5, 0.6) is 5.75 Å². The summed E-state index contributed by atoms with van der Waals surface area (Å²) in [4.78, 5) is 29.0. The smallest absolute Gasteiger partial charge is 0.311 e. The van der Waals surface area contributed by atoms with Crippen LogP contribution in [0.3, 0.4) is 0 Å². The van der Waals surface area contributed by atoms with Gasteiger partial charge in [-0.15, -0.1) is 0 Å². The van der Waals surface area contributed by atoms with Gasteiger partial charge in [-0.25, -0.2) is 5.43 Å². The number of nitro benzene ring substituents is 1. The van der Waals surface area contributed by atoms with Gasteiger partial charge in [0, 0.05) is 37.8 Å². The fourth-order valence-electron chi connectivity index (χ4n) is 3.97. The Labute approximate surface area is 186 Å². The second-order valence-corrected chi connectivity index (χ2v) is 7.91. The number of hydrogen-bond acceptors (Lipinski definition) is 10. The van der Waals surface area contributed by atoms with Crippen molar-refractivity contribution in [2.75, 3.05) is 48.5 Å². The summed E-state index contributed by atoms with van der Waals surface area (Å²) in [5.74, 6) is 1.89. The first-order valence-corrected chi connectivity index (χ1v) is 11.0. The summed E-state index contributed by atoms with van der Waals surface area (Å²) in [6.45, 7) is 3.73. The molecule has 32 heavy (non-hydrogen) atoms. The van der Waals surface area contributed by atoms with Crippen LogP contribution in [0.15, 0.2) is 23.3 Å². The van der Waals surface area contributed by atoms with Crippen LogP contribution in [0.2, 0.25) is 0 Å². The summed E-state index contributed by atoms with van der Waals surface area (Å²) in [7, 11) is 1.40. The van der Waals surface area contributed by atoms with Crippen LogP contribution in [-0.4, -0.2) is 59.4 Å². The van der Waals surface area contributed by atoms with Crippen LogP contribution in [0.1, 0.15) is 44.1 Å². The lowest BCUT2D eigenvalue weighted by atomic mass is 10.1. The predicted octanol–water partition coefficient (Wildman–Crippen LogP) is 3.22. The highest BCUT2D eigenvalue weighted by Crippen LogP contribution is 2.27. The summed E-state index contributed by atoms with van der Waals surface area (Å²) >= 11 is 0. The molecule has 1 aromatic heterocycles. The number of ether oxygens (including phenoxy) is 1. The van der Waals surface area contributed by atoms with E-state index in [2.05, 4.69) is 30.3 Å². The Hall–Kier alpha value is -3.50. The van der Waals surface area contributed by atoms with Crippen molar-refractivity contribution in [2.45, 2.75) is 38.5 Å². The van der Waals surface area contributed by atoms with Gasteiger partial charge < -0.3 is 14.5 Å². The van der Waals surface area contributed by atoms with Gasteiger partial charge in [-0.1, -0.05) is 0 Å². The molecule has 3 heterocycles. The third-order valence-electron chi connectivity index (χ3n) is 5.67. The molecule has 170 valence electrons. The number of piperidine rings is 2. The minimum Gasteiger partial charge on any atom is -0.490 e. The Kier molecular flexibility index (Phi) is 6.93. The van der Waals surface area contributed by atoms with Gasteiger partial charge in [-0.2, -0.15) is 20.1 Å². The van der Waals surface area contributed by atoms with E-state index in [0.29, 0.717) is 23.4 Å². The summed E-state index contributed by atoms with van der Waals surface area (Å²) in [6, 6.07) is 4.66. The van der Waals surface area contributed by atoms with E-state index in [1.165, 1.54) is 32.2 Å². The maximum absolute atomic E-state index is 11.2. The standard InChI is InChI=1S/C21H28N8O3/c1-32-18-9-8-16(14-17(18)29(30)31)15-22-26-19-23-20(27-10-4-2-5-11-27)25-21(24-19)28-12-6-3-7-13-28/h8-9,14-15H,2-7,10-13H2,1H3,(H,23,24,25,26). The molecular weight excluding hydrogens is 412 g/mol. The fraction of sp³-hybridized carbons (Fsp3) is 0.524. The van der Waals surface area contributed by atoms with Gasteiger partial charge in [0.05, 0.1) is 18.2 Å². The maximum Gasteiger partial charge on any atom is 0.311 e. The minimum atomic E-state index is -0.481. The van der Waals surface area contributed by atoms with Crippen LogP contribution in [0.25, 0.3) is 0 Å². The van der Waals surface area contributed by atoms with Crippen LogP contribution in [-0.2, 0) is 0 Å². The molecule has 2 fully saturated rings. The first-order valence-electron chi connectivity index (χ1n) is 11.0. The lowest BCUT2D eigenvalue weighted by Crippen LogP contribution is -2.34. The van der Waals surface area contributed by atoms with Crippen molar-refractivity contribution in [2.24, 2.45) is 5.10 Å². The summed E-state index contributed by atoms with van der Waals surface area (Å²) in [6.07, 6.45) is 8.46. The summed E-state index contributed by atoms with van der Waals surface area (Å²) in [5, 5.41) is 15.4. The number of benzene rings is 1. The van der Waals surface area contributed by atoms with Gasteiger partial charge in [0.15, 0.2) is 5.75 Å². The molecule has 0 unspecified atom stereocenters. The zero-order valence-electron chi connectivity index (χ0n) is 18.2. The number of nitro groups is 1. The quantitative estimate of drug-likeness (QED) is 0.393. The van der Waals surface area contributed by atoms with E-state index >= 15 is 0 Å². The summed E-state index contributed by atoms with van der Waals surface area (Å²) in [5.41, 5.74) is 3.33. The Morgan fingerprint density at radius 2 is 1.59 bits per heavy atom. The monoisotopic (exact) mass is 440 g/mol. The van der Waals surface area contributed by atoms with Gasteiger partial charge >= 0.3 is 5.69 Å². The largest absolute Gasteiger partial charge is 0.490 e. The van der Waals surface area contributed by atoms with Crippen molar-refractivity contribution in [1.82, 2.24) is 15.0 Å². The lowest BCUT2D eigenvalue weighted by molar-refractivity contribution is -0.385. The van der Waals surface area contributed by atoms with Crippen molar-refractivity contribution in [3.05, 3.63) is 33.9 Å². The Morgan fingerprint density at radius 3 is 2.12 bits per heavy atom. The number of hydrogen-bond donors (Lipinski definition) is 1. The third-order valence-corrected chi connectivity index (χ3v) is 5.67. The van der Waals surface area contributed by atoms with Crippen LogP contribution in [0.4, 0.5) is 23.5 Å². The normalized spacial score (nSPS) is 16.9. The SMILES string of the molecule is COc1ccc(C=NNc2nc(N3CCCCC3)nc(N3CCCCC3)n2)cc1[N+](=O)[O-]. The van der Waals surface area contributed by atoms with E-state index in [0.717, 1.165) is 51.9 Å². The van der Waals surface area contributed by atoms with E-state index in [1.807, 2.05) is 0 Å². The number of methoxy groups -OCH3 is 1. The van der Waals surface area contributed by atoms with Crippen molar-refractivity contribution in [1.29, 1.82) is 0 Å². The molecule has 0 atom stereocenters. The van der Waals surface area contributed by atoms with E-state index in [1.54, 1.807) is 12.1 Å². The van der Waals surface area contributed by atoms with Crippen molar-refractivity contribution in [3.63, 3.8) is 0 Å². The molecule has 2 saturated heterocycles. The van der Waals surface area contributed by atoms with Gasteiger partial charge in [0.2, 0.25) is 17.8 Å². The zero-order valence-corrected chi connectivity index (χ0v) is 18.2. The Morgan fingerprint density at radius 1 is 1.00 bits per heavy atom. The number of aromatic nitrogens is 3. The molecule has 11 heteroatoms. The Bertz CT molecular complexity index is 935. The fourth-order valence-corrected chi connectivity index (χ4v) is 3.97. The van der Waals surface area contributed by atoms with Gasteiger partial charge in [0.25, 0.3) is 0 Å². The van der Waals surface area contributed by atoms with E-state index in [9.17, 15) is 10.1 Å². The zero-order chi connectivity index (χ0) is 22.3. The van der Waals surface area contributed by atoms with Crippen LogP contribution >= 0.6 is 0 Å². The van der Waals surface area contributed by atoms with Gasteiger partial charge in [-0.05, 0) is 50.7 Å². The Balaban J connectivity index is 1.55. The molecule has 4 rings (SSSR count).